The highest BCUT2D eigenvalue weighted by Crippen LogP contribution is 2.44. The number of nitrogens with one attached hydrogen (secondary N) is 1. The first-order valence-electron chi connectivity index (χ1n) is 10.4. The highest BCUT2D eigenvalue weighted by molar-refractivity contribution is 7.47. The number of quaternary nitrogens is 1. The lowest BCUT2D eigenvalue weighted by Crippen LogP contribution is -2.37. The van der Waals surface area contributed by atoms with Gasteiger partial charge in [0.25, 0.3) is 0 Å². The molecule has 27 heavy (non-hydrogen) atoms. The second-order valence-corrected chi connectivity index (χ2v) is 9.56. The normalized spacial score (nSPS) is 15.6. The summed E-state index contributed by atoms with van der Waals surface area (Å²) in [4.78, 5) is 9.89. The monoisotopic (exact) mass is 411 g/mol. The zero-order chi connectivity index (χ0) is 20.6. The highest BCUT2D eigenvalue weighted by atomic mass is 31.2. The molecule has 0 saturated heterocycles. The first-order valence-corrected chi connectivity index (χ1v) is 11.9. The van der Waals surface area contributed by atoms with Gasteiger partial charge in [-0.3, -0.25) is 9.05 Å². The quantitative estimate of drug-likeness (QED) is 0.192. The van der Waals surface area contributed by atoms with Gasteiger partial charge in [-0.2, -0.15) is 0 Å². The van der Waals surface area contributed by atoms with Crippen LogP contribution in [0, 0.1) is 0 Å². The van der Waals surface area contributed by atoms with Gasteiger partial charge in [0, 0.05) is 13.2 Å². The molecule has 2 atom stereocenters. The molecule has 8 heteroatoms. The van der Waals surface area contributed by atoms with E-state index < -0.39 is 13.9 Å². The van der Waals surface area contributed by atoms with E-state index in [0.717, 1.165) is 12.8 Å². The van der Waals surface area contributed by atoms with Gasteiger partial charge in [-0.05, 0) is 13.5 Å². The second kappa shape index (κ2) is 15.9. The molecular formula is C19H44N2O5P+. The molecule has 7 nitrogen and oxygen atoms in total. The van der Waals surface area contributed by atoms with Crippen LogP contribution >= 0.6 is 7.82 Å². The summed E-state index contributed by atoms with van der Waals surface area (Å²) < 4.78 is 28.7. The predicted octanol–water partition coefficient (Wildman–Crippen LogP) is 3.57. The van der Waals surface area contributed by atoms with Crippen molar-refractivity contribution in [2.45, 2.75) is 64.4 Å². The Labute approximate surface area is 167 Å². The second-order valence-electron chi connectivity index (χ2n) is 8.15. The number of hydrogen-bond donors (Lipinski definition) is 2. The summed E-state index contributed by atoms with van der Waals surface area (Å²) in [7, 11) is 3.68. The maximum Gasteiger partial charge on any atom is 0.472 e. The SMILES string of the molecule is CCCCCCCCCCOCC(CNC)OP(=O)(O)OCC[N+](C)(C)C. The largest absolute Gasteiger partial charge is 0.472 e. The molecule has 0 fully saturated rings. The van der Waals surface area contributed by atoms with Crippen molar-refractivity contribution in [1.29, 1.82) is 0 Å². The first-order chi connectivity index (χ1) is 12.7. The van der Waals surface area contributed by atoms with Crippen molar-refractivity contribution in [3.63, 3.8) is 0 Å². The third kappa shape index (κ3) is 19.1. The van der Waals surface area contributed by atoms with Gasteiger partial charge in [0.15, 0.2) is 0 Å². The van der Waals surface area contributed by atoms with Gasteiger partial charge in [0.05, 0.1) is 27.7 Å². The van der Waals surface area contributed by atoms with Gasteiger partial charge in [-0.25, -0.2) is 4.57 Å². The van der Waals surface area contributed by atoms with Crippen molar-refractivity contribution < 1.29 is 27.7 Å². The summed E-state index contributed by atoms with van der Waals surface area (Å²) in [5, 5.41) is 2.96. The van der Waals surface area contributed by atoms with Crippen LogP contribution in [0.15, 0.2) is 0 Å². The summed E-state index contributed by atoms with van der Waals surface area (Å²) in [6.45, 7) is 4.38. The van der Waals surface area contributed by atoms with Crippen LogP contribution in [0.1, 0.15) is 58.3 Å². The van der Waals surface area contributed by atoms with Crippen molar-refractivity contribution in [3.05, 3.63) is 0 Å². The van der Waals surface area contributed by atoms with Gasteiger partial charge >= 0.3 is 7.82 Å². The number of phosphoric ester groups is 1. The van der Waals surface area contributed by atoms with E-state index in [1.807, 2.05) is 21.1 Å². The molecule has 0 aliphatic rings. The molecule has 0 aromatic carbocycles. The first kappa shape index (κ1) is 27.0. The Morgan fingerprint density at radius 3 is 2.15 bits per heavy atom. The van der Waals surface area contributed by atoms with Crippen molar-refractivity contribution in [1.82, 2.24) is 5.32 Å². The van der Waals surface area contributed by atoms with Crippen molar-refractivity contribution >= 4 is 7.82 Å². The maximum atomic E-state index is 12.1. The lowest BCUT2D eigenvalue weighted by atomic mass is 10.1. The third-order valence-electron chi connectivity index (χ3n) is 4.18. The van der Waals surface area contributed by atoms with Gasteiger partial charge in [-0.15, -0.1) is 0 Å². The Morgan fingerprint density at radius 1 is 1.00 bits per heavy atom. The minimum absolute atomic E-state index is 0.169. The fourth-order valence-corrected chi connectivity index (χ4v) is 3.44. The van der Waals surface area contributed by atoms with Gasteiger partial charge in [0.2, 0.25) is 0 Å². The van der Waals surface area contributed by atoms with Gasteiger partial charge in [0.1, 0.15) is 19.3 Å². The summed E-state index contributed by atoms with van der Waals surface area (Å²) in [5.41, 5.74) is 0. The fraction of sp³-hybridized carbons (Fsp3) is 1.00. The van der Waals surface area contributed by atoms with E-state index in [9.17, 15) is 9.46 Å². The van der Waals surface area contributed by atoms with Crippen LogP contribution in [0.5, 0.6) is 0 Å². The number of unbranched alkanes of at least 4 members (excludes halogenated alkanes) is 7. The molecule has 0 heterocycles. The molecule has 0 spiro atoms. The summed E-state index contributed by atoms with van der Waals surface area (Å²) >= 11 is 0. The van der Waals surface area contributed by atoms with Crippen molar-refractivity contribution in [2.24, 2.45) is 0 Å². The molecule has 0 rings (SSSR count). The highest BCUT2D eigenvalue weighted by Gasteiger charge is 2.27. The molecule has 0 aromatic rings. The lowest BCUT2D eigenvalue weighted by Gasteiger charge is -2.25. The molecule has 0 aliphatic heterocycles. The van der Waals surface area contributed by atoms with Crippen LogP contribution in [-0.4, -0.2) is 76.6 Å². The molecule has 2 N–H and O–H groups in total. The van der Waals surface area contributed by atoms with Gasteiger partial charge < -0.3 is 19.4 Å². The number of hydrogen-bond acceptors (Lipinski definition) is 5. The Balaban J connectivity index is 3.90. The predicted molar refractivity (Wildman–Crippen MR) is 111 cm³/mol. The van der Waals surface area contributed by atoms with Crippen molar-refractivity contribution in [3.8, 4) is 0 Å². The van der Waals surface area contributed by atoms with Gasteiger partial charge in [-0.1, -0.05) is 51.9 Å². The topological polar surface area (TPSA) is 77.0 Å². The Kier molecular flexibility index (Phi) is 15.9. The Bertz CT molecular complexity index is 391. The molecule has 0 radical (unpaired) electrons. The molecule has 0 amide bonds. The van der Waals surface area contributed by atoms with Crippen LogP contribution in [0.3, 0.4) is 0 Å². The average Bonchev–Trinajstić information content (AvgIpc) is 2.55. The van der Waals surface area contributed by atoms with E-state index in [-0.39, 0.29) is 13.2 Å². The zero-order valence-corrected chi connectivity index (χ0v) is 19.1. The Morgan fingerprint density at radius 2 is 1.59 bits per heavy atom. The van der Waals surface area contributed by atoms with Crippen LogP contribution in [0.25, 0.3) is 0 Å². The molecule has 0 aromatic heterocycles. The number of rotatable bonds is 19. The van der Waals surface area contributed by atoms with Crippen LogP contribution in [0.4, 0.5) is 0 Å². The van der Waals surface area contributed by atoms with E-state index in [1.165, 1.54) is 38.5 Å². The fourth-order valence-electron chi connectivity index (χ4n) is 2.56. The number of nitrogens with zero attached hydrogens (tertiary/aromatic N) is 1. The number of phosphoric acid groups is 1. The summed E-state index contributed by atoms with van der Waals surface area (Å²) in [6.07, 6.45) is 9.49. The van der Waals surface area contributed by atoms with E-state index in [4.69, 9.17) is 13.8 Å². The standard InChI is InChI=1S/C19H43N2O5P/c1-6-7-8-9-10-11-12-13-15-24-18-19(17-20-2)26-27(22,23)25-16-14-21(3,4)5/h19-20H,6-18H2,1-5H3/p+1. The van der Waals surface area contributed by atoms with E-state index in [1.54, 1.807) is 7.05 Å². The smallest absolute Gasteiger partial charge is 0.379 e. The average molecular weight is 412 g/mol. The minimum Gasteiger partial charge on any atom is -0.379 e. The molecule has 0 saturated carbocycles. The van der Waals surface area contributed by atoms with E-state index in [0.29, 0.717) is 24.2 Å². The molecule has 164 valence electrons. The van der Waals surface area contributed by atoms with Crippen LogP contribution < -0.4 is 5.32 Å². The zero-order valence-electron chi connectivity index (χ0n) is 18.2. The van der Waals surface area contributed by atoms with E-state index >= 15 is 0 Å². The van der Waals surface area contributed by atoms with Crippen LogP contribution in [0.2, 0.25) is 0 Å². The Hall–Kier alpha value is -0.0100. The maximum absolute atomic E-state index is 12.1. The molecule has 0 bridgehead atoms. The van der Waals surface area contributed by atoms with E-state index in [2.05, 4.69) is 12.2 Å². The van der Waals surface area contributed by atoms with Crippen molar-refractivity contribution in [2.75, 3.05) is 61.1 Å². The third-order valence-corrected chi connectivity index (χ3v) is 5.25. The summed E-state index contributed by atoms with van der Waals surface area (Å²) in [5.74, 6) is 0. The molecule has 0 aliphatic carbocycles. The molecular weight excluding hydrogens is 367 g/mol. The number of ether oxygens (including phenoxy) is 1. The van der Waals surface area contributed by atoms with Crippen LogP contribution in [-0.2, 0) is 18.3 Å². The lowest BCUT2D eigenvalue weighted by molar-refractivity contribution is -0.870. The minimum atomic E-state index is -4.07. The molecule has 2 unspecified atom stereocenters. The number of likely N-dealkylation sites (N-methyl/N-ethyl adjacent to an activating group) is 2. The summed E-state index contributed by atoms with van der Waals surface area (Å²) in [6, 6.07) is 0.